The monoisotopic (exact) mass is 263 g/mol. The Kier molecular flexibility index (Phi) is 5.28. The van der Waals surface area contributed by atoms with Gasteiger partial charge >= 0.3 is 0 Å². The first kappa shape index (κ1) is 14.4. The van der Waals surface area contributed by atoms with Crippen LogP contribution >= 0.6 is 0 Å². The quantitative estimate of drug-likeness (QED) is 0.727. The predicted molar refractivity (Wildman–Crippen MR) is 76.4 cm³/mol. The van der Waals surface area contributed by atoms with Gasteiger partial charge in [0.1, 0.15) is 5.82 Å². The van der Waals surface area contributed by atoms with E-state index in [1.54, 1.807) is 7.11 Å². The van der Waals surface area contributed by atoms with Crippen molar-refractivity contribution >= 4 is 0 Å². The number of aromatic nitrogens is 2. The normalized spacial score (nSPS) is 14.9. The number of methoxy groups -OCH3 is 1. The molecule has 0 atom stereocenters. The van der Waals surface area contributed by atoms with E-state index >= 15 is 0 Å². The highest BCUT2D eigenvalue weighted by molar-refractivity contribution is 5.25. The summed E-state index contributed by atoms with van der Waals surface area (Å²) in [6.07, 6.45) is 4.76. The van der Waals surface area contributed by atoms with Gasteiger partial charge in [-0.3, -0.25) is 0 Å². The van der Waals surface area contributed by atoms with Crippen molar-refractivity contribution in [2.24, 2.45) is 5.92 Å². The van der Waals surface area contributed by atoms with Crippen LogP contribution in [0.5, 0.6) is 0 Å². The summed E-state index contributed by atoms with van der Waals surface area (Å²) in [5, 5.41) is 3.37. The molecule has 0 radical (unpaired) electrons. The number of aryl methyl sites for hydroxylation is 2. The molecule has 1 aromatic heterocycles. The Bertz CT molecular complexity index is 393. The first-order valence-corrected chi connectivity index (χ1v) is 7.23. The van der Waals surface area contributed by atoms with E-state index in [1.807, 2.05) is 0 Å². The zero-order valence-corrected chi connectivity index (χ0v) is 12.3. The molecule has 0 saturated heterocycles. The summed E-state index contributed by atoms with van der Waals surface area (Å²) < 4.78 is 5.01. The van der Waals surface area contributed by atoms with Crippen LogP contribution in [0.2, 0.25) is 0 Å². The molecule has 0 spiro atoms. The van der Waals surface area contributed by atoms with Crippen LogP contribution in [0.1, 0.15) is 35.6 Å². The second kappa shape index (κ2) is 6.96. The van der Waals surface area contributed by atoms with Gasteiger partial charge in [-0.25, -0.2) is 9.97 Å². The first-order valence-electron chi connectivity index (χ1n) is 7.23. The fourth-order valence-corrected chi connectivity index (χ4v) is 2.35. The average molecular weight is 263 g/mol. The molecule has 106 valence electrons. The standard InChI is InChI=1S/C15H25N3O/c1-11-14(6-7-16-8-9-19-3)12(2)18-15(17-11)10-13-4-5-13/h13,16H,4-10H2,1-3H3. The molecule has 1 heterocycles. The number of hydrogen-bond donors (Lipinski definition) is 1. The molecule has 1 aromatic rings. The molecule has 19 heavy (non-hydrogen) atoms. The lowest BCUT2D eigenvalue weighted by molar-refractivity contribution is 0.199. The number of hydrogen-bond acceptors (Lipinski definition) is 4. The van der Waals surface area contributed by atoms with Crippen molar-refractivity contribution in [3.05, 3.63) is 22.8 Å². The van der Waals surface area contributed by atoms with Crippen LogP contribution in [-0.2, 0) is 17.6 Å². The largest absolute Gasteiger partial charge is 0.383 e. The third-order valence-corrected chi connectivity index (χ3v) is 3.67. The molecule has 1 fully saturated rings. The molecule has 0 aromatic carbocycles. The topological polar surface area (TPSA) is 47.0 Å². The van der Waals surface area contributed by atoms with Crippen molar-refractivity contribution in [1.82, 2.24) is 15.3 Å². The molecular formula is C15H25N3O. The van der Waals surface area contributed by atoms with Gasteiger partial charge < -0.3 is 10.1 Å². The van der Waals surface area contributed by atoms with Crippen LogP contribution in [0.15, 0.2) is 0 Å². The van der Waals surface area contributed by atoms with E-state index in [0.29, 0.717) is 0 Å². The van der Waals surface area contributed by atoms with Gasteiger partial charge in [-0.1, -0.05) is 0 Å². The van der Waals surface area contributed by atoms with E-state index in [9.17, 15) is 0 Å². The minimum atomic E-state index is 0.759. The lowest BCUT2D eigenvalue weighted by Gasteiger charge is -2.11. The van der Waals surface area contributed by atoms with E-state index < -0.39 is 0 Å². The molecule has 1 aliphatic carbocycles. The average Bonchev–Trinajstić information content (AvgIpc) is 3.16. The highest BCUT2D eigenvalue weighted by Crippen LogP contribution is 2.31. The summed E-state index contributed by atoms with van der Waals surface area (Å²) in [5.74, 6) is 1.88. The Morgan fingerprint density at radius 1 is 1.16 bits per heavy atom. The van der Waals surface area contributed by atoms with E-state index in [0.717, 1.165) is 55.7 Å². The fourth-order valence-electron chi connectivity index (χ4n) is 2.35. The maximum absolute atomic E-state index is 5.01. The maximum atomic E-state index is 5.01. The Balaban J connectivity index is 1.88. The van der Waals surface area contributed by atoms with Gasteiger partial charge in [0.2, 0.25) is 0 Å². The molecule has 2 rings (SSSR count). The highest BCUT2D eigenvalue weighted by Gasteiger charge is 2.23. The van der Waals surface area contributed by atoms with Crippen molar-refractivity contribution < 1.29 is 4.74 Å². The van der Waals surface area contributed by atoms with E-state index in [1.165, 1.54) is 18.4 Å². The van der Waals surface area contributed by atoms with Gasteiger partial charge in [-0.2, -0.15) is 0 Å². The van der Waals surface area contributed by atoms with Gasteiger partial charge in [-0.05, 0) is 51.1 Å². The third-order valence-electron chi connectivity index (χ3n) is 3.67. The van der Waals surface area contributed by atoms with Crippen molar-refractivity contribution in [2.75, 3.05) is 26.8 Å². The molecule has 0 unspecified atom stereocenters. The number of rotatable bonds is 8. The zero-order chi connectivity index (χ0) is 13.7. The smallest absolute Gasteiger partial charge is 0.129 e. The SMILES string of the molecule is COCCNCCc1c(C)nc(CC2CC2)nc1C. The van der Waals surface area contributed by atoms with Crippen molar-refractivity contribution in [3.63, 3.8) is 0 Å². The Hall–Kier alpha value is -1.00. The molecule has 0 amide bonds. The van der Waals surface area contributed by atoms with Gasteiger partial charge in [0, 0.05) is 31.5 Å². The number of nitrogens with zero attached hydrogens (tertiary/aromatic N) is 2. The summed E-state index contributed by atoms with van der Waals surface area (Å²) in [4.78, 5) is 9.33. The van der Waals surface area contributed by atoms with Crippen molar-refractivity contribution in [2.45, 2.75) is 39.5 Å². The van der Waals surface area contributed by atoms with Crippen LogP contribution in [0.4, 0.5) is 0 Å². The van der Waals surface area contributed by atoms with E-state index in [-0.39, 0.29) is 0 Å². The van der Waals surface area contributed by atoms with Crippen molar-refractivity contribution in [1.29, 1.82) is 0 Å². The molecule has 1 aliphatic rings. The lowest BCUT2D eigenvalue weighted by atomic mass is 10.1. The molecule has 4 nitrogen and oxygen atoms in total. The molecule has 0 bridgehead atoms. The summed E-state index contributed by atoms with van der Waals surface area (Å²) in [5.41, 5.74) is 3.60. The summed E-state index contributed by atoms with van der Waals surface area (Å²) in [6, 6.07) is 0. The summed E-state index contributed by atoms with van der Waals surface area (Å²) >= 11 is 0. The highest BCUT2D eigenvalue weighted by atomic mass is 16.5. The third kappa shape index (κ3) is 4.55. The fraction of sp³-hybridized carbons (Fsp3) is 0.733. The van der Waals surface area contributed by atoms with Gasteiger partial charge in [0.25, 0.3) is 0 Å². The van der Waals surface area contributed by atoms with Crippen molar-refractivity contribution in [3.8, 4) is 0 Å². The zero-order valence-electron chi connectivity index (χ0n) is 12.3. The van der Waals surface area contributed by atoms with Crippen LogP contribution in [0.25, 0.3) is 0 Å². The molecule has 0 aliphatic heterocycles. The van der Waals surface area contributed by atoms with E-state index in [2.05, 4.69) is 29.1 Å². The summed E-state index contributed by atoms with van der Waals surface area (Å²) in [6.45, 7) is 6.82. The van der Waals surface area contributed by atoms with E-state index in [4.69, 9.17) is 4.74 Å². The Labute approximate surface area is 116 Å². The number of ether oxygens (including phenoxy) is 1. The molecular weight excluding hydrogens is 238 g/mol. The lowest BCUT2D eigenvalue weighted by Crippen LogP contribution is -2.22. The van der Waals surface area contributed by atoms with Crippen LogP contribution in [0.3, 0.4) is 0 Å². The minimum Gasteiger partial charge on any atom is -0.383 e. The van der Waals surface area contributed by atoms with Gasteiger partial charge in [0.05, 0.1) is 6.61 Å². The van der Waals surface area contributed by atoms with Crippen LogP contribution in [-0.4, -0.2) is 36.8 Å². The summed E-state index contributed by atoms with van der Waals surface area (Å²) in [7, 11) is 1.72. The molecule has 1 N–H and O–H groups in total. The minimum absolute atomic E-state index is 0.759. The van der Waals surface area contributed by atoms with Gasteiger partial charge in [0.15, 0.2) is 0 Å². The molecule has 1 saturated carbocycles. The second-order valence-corrected chi connectivity index (χ2v) is 5.43. The Morgan fingerprint density at radius 2 is 1.84 bits per heavy atom. The predicted octanol–water partition coefficient (Wildman–Crippen LogP) is 1.82. The van der Waals surface area contributed by atoms with Crippen LogP contribution < -0.4 is 5.32 Å². The Morgan fingerprint density at radius 3 is 2.42 bits per heavy atom. The number of nitrogens with one attached hydrogen (secondary N) is 1. The maximum Gasteiger partial charge on any atom is 0.129 e. The van der Waals surface area contributed by atoms with Crippen LogP contribution in [0, 0.1) is 19.8 Å². The second-order valence-electron chi connectivity index (χ2n) is 5.43. The first-order chi connectivity index (χ1) is 9.20. The molecule has 4 heteroatoms. The van der Waals surface area contributed by atoms with Gasteiger partial charge in [-0.15, -0.1) is 0 Å².